The van der Waals surface area contributed by atoms with Gasteiger partial charge in [0.25, 0.3) is 5.91 Å². The lowest BCUT2D eigenvalue weighted by molar-refractivity contribution is -0.154. The fourth-order valence-corrected chi connectivity index (χ4v) is 2.92. The van der Waals surface area contributed by atoms with Gasteiger partial charge in [0.15, 0.2) is 6.10 Å². The summed E-state index contributed by atoms with van der Waals surface area (Å²) in [5, 5.41) is 3.64. The first kappa shape index (κ1) is 20.2. The molecule has 0 unspecified atom stereocenters. The molecular formula is C19H18Cl2FNO3. The second-order valence-electron chi connectivity index (χ2n) is 5.80. The van der Waals surface area contributed by atoms with E-state index in [1.807, 2.05) is 0 Å². The molecule has 4 nitrogen and oxygen atoms in total. The van der Waals surface area contributed by atoms with E-state index in [1.54, 1.807) is 31.2 Å². The lowest BCUT2D eigenvalue weighted by Gasteiger charge is -2.19. The predicted octanol–water partition coefficient (Wildman–Crippen LogP) is 4.48. The highest BCUT2D eigenvalue weighted by Gasteiger charge is 2.21. The zero-order chi connectivity index (χ0) is 19.3. The van der Waals surface area contributed by atoms with Gasteiger partial charge in [-0.3, -0.25) is 9.59 Å². The van der Waals surface area contributed by atoms with Crippen LogP contribution in [0.4, 0.5) is 4.39 Å². The van der Waals surface area contributed by atoms with Crippen LogP contribution in [0.2, 0.25) is 10.0 Å². The molecule has 0 bridgehead atoms. The van der Waals surface area contributed by atoms with Crippen molar-refractivity contribution in [2.45, 2.75) is 32.4 Å². The first-order valence-corrected chi connectivity index (χ1v) is 8.71. The molecule has 0 fully saturated rings. The van der Waals surface area contributed by atoms with Gasteiger partial charge in [-0.2, -0.15) is 0 Å². The van der Waals surface area contributed by atoms with Gasteiger partial charge in [0.05, 0.1) is 12.5 Å². The molecular weight excluding hydrogens is 380 g/mol. The summed E-state index contributed by atoms with van der Waals surface area (Å²) in [6.07, 6.45) is -1.27. The van der Waals surface area contributed by atoms with Crippen LogP contribution in [0, 0.1) is 5.82 Å². The number of benzene rings is 2. The molecule has 0 radical (unpaired) electrons. The quantitative estimate of drug-likeness (QED) is 0.730. The van der Waals surface area contributed by atoms with E-state index in [-0.39, 0.29) is 12.0 Å². The summed E-state index contributed by atoms with van der Waals surface area (Å²) in [7, 11) is 0. The molecule has 2 aromatic carbocycles. The van der Waals surface area contributed by atoms with Gasteiger partial charge in [0.2, 0.25) is 0 Å². The number of ether oxygens (including phenoxy) is 1. The predicted molar refractivity (Wildman–Crippen MR) is 98.7 cm³/mol. The van der Waals surface area contributed by atoms with Gasteiger partial charge in [-0.05, 0) is 43.2 Å². The number of hydrogen-bond donors (Lipinski definition) is 1. The smallest absolute Gasteiger partial charge is 0.311 e. The molecule has 1 amide bonds. The summed E-state index contributed by atoms with van der Waals surface area (Å²) in [5.41, 5.74) is 0.903. The normalized spacial score (nSPS) is 13.0. The van der Waals surface area contributed by atoms with E-state index in [1.165, 1.54) is 25.1 Å². The molecule has 2 aromatic rings. The molecule has 0 saturated carbocycles. The van der Waals surface area contributed by atoms with Gasteiger partial charge in [-0.15, -0.1) is 0 Å². The number of nitrogens with one attached hydrogen (secondary N) is 1. The van der Waals surface area contributed by atoms with Gasteiger partial charge >= 0.3 is 5.97 Å². The van der Waals surface area contributed by atoms with Crippen LogP contribution >= 0.6 is 23.2 Å². The number of carbonyl (C=O) groups excluding carboxylic acids is 2. The molecule has 0 aliphatic carbocycles. The summed E-state index contributed by atoms with van der Waals surface area (Å²) in [6.45, 7) is 3.20. The van der Waals surface area contributed by atoms with Gasteiger partial charge in [0.1, 0.15) is 5.82 Å². The summed E-state index contributed by atoms with van der Waals surface area (Å²) in [4.78, 5) is 24.2. The van der Waals surface area contributed by atoms with E-state index in [0.717, 1.165) is 0 Å². The summed E-state index contributed by atoms with van der Waals surface area (Å²) in [6, 6.07) is 10.5. The Morgan fingerprint density at radius 1 is 1.15 bits per heavy atom. The van der Waals surface area contributed by atoms with Crippen LogP contribution in [0.5, 0.6) is 0 Å². The highest BCUT2D eigenvalue weighted by Crippen LogP contribution is 2.26. The lowest BCUT2D eigenvalue weighted by atomic mass is 10.1. The maximum absolute atomic E-state index is 13.6. The Balaban J connectivity index is 1.92. The number of carbonyl (C=O) groups is 2. The lowest BCUT2D eigenvalue weighted by Crippen LogP contribution is -2.37. The van der Waals surface area contributed by atoms with Crippen LogP contribution in [-0.2, 0) is 20.7 Å². The standard InChI is InChI=1S/C19H18Cl2FNO3/c1-11(15-8-7-14(20)10-16(15)21)23-19(25)12(2)26-18(24)9-13-5-3-4-6-17(13)22/h3-8,10-12H,9H2,1-2H3,(H,23,25)/t11-,12-/m1/s1. The van der Waals surface area contributed by atoms with Crippen molar-refractivity contribution in [3.05, 3.63) is 69.5 Å². The van der Waals surface area contributed by atoms with Gasteiger partial charge in [0, 0.05) is 10.0 Å². The third-order valence-corrected chi connectivity index (χ3v) is 4.32. The van der Waals surface area contributed by atoms with Crippen molar-refractivity contribution in [2.24, 2.45) is 0 Å². The van der Waals surface area contributed by atoms with Crippen LogP contribution in [0.15, 0.2) is 42.5 Å². The average Bonchev–Trinajstić information content (AvgIpc) is 2.56. The van der Waals surface area contributed by atoms with E-state index in [4.69, 9.17) is 27.9 Å². The second-order valence-corrected chi connectivity index (χ2v) is 6.64. The molecule has 2 atom stereocenters. The zero-order valence-corrected chi connectivity index (χ0v) is 15.8. The largest absolute Gasteiger partial charge is 0.452 e. The molecule has 0 saturated heterocycles. The van der Waals surface area contributed by atoms with Crippen LogP contribution < -0.4 is 5.32 Å². The number of esters is 1. The first-order valence-electron chi connectivity index (χ1n) is 7.96. The van der Waals surface area contributed by atoms with Crippen molar-refractivity contribution in [2.75, 3.05) is 0 Å². The van der Waals surface area contributed by atoms with E-state index in [2.05, 4.69) is 5.32 Å². The third-order valence-electron chi connectivity index (χ3n) is 3.76. The van der Waals surface area contributed by atoms with Gasteiger partial charge in [-0.1, -0.05) is 47.5 Å². The number of amides is 1. The van der Waals surface area contributed by atoms with Crippen molar-refractivity contribution < 1.29 is 18.7 Å². The minimum atomic E-state index is -1.03. The Morgan fingerprint density at radius 2 is 1.85 bits per heavy atom. The van der Waals surface area contributed by atoms with Gasteiger partial charge in [-0.25, -0.2) is 4.39 Å². The van der Waals surface area contributed by atoms with Crippen LogP contribution in [-0.4, -0.2) is 18.0 Å². The highest BCUT2D eigenvalue weighted by molar-refractivity contribution is 6.35. The summed E-state index contributed by atoms with van der Waals surface area (Å²) in [5.74, 6) is -1.66. The van der Waals surface area contributed by atoms with E-state index >= 15 is 0 Å². The first-order chi connectivity index (χ1) is 12.3. The van der Waals surface area contributed by atoms with Crippen LogP contribution in [0.3, 0.4) is 0 Å². The molecule has 0 heterocycles. The van der Waals surface area contributed by atoms with E-state index in [0.29, 0.717) is 15.6 Å². The molecule has 138 valence electrons. The SMILES string of the molecule is C[C@@H](OC(=O)Cc1ccccc1F)C(=O)N[C@H](C)c1ccc(Cl)cc1Cl. The molecule has 26 heavy (non-hydrogen) atoms. The second kappa shape index (κ2) is 9.01. The van der Waals surface area contributed by atoms with Crippen molar-refractivity contribution >= 4 is 35.1 Å². The molecule has 0 spiro atoms. The number of halogens is 3. The zero-order valence-electron chi connectivity index (χ0n) is 14.3. The van der Waals surface area contributed by atoms with Gasteiger partial charge < -0.3 is 10.1 Å². The number of rotatable bonds is 6. The Kier molecular flexibility index (Phi) is 7.00. The number of hydrogen-bond acceptors (Lipinski definition) is 3. The summed E-state index contributed by atoms with van der Waals surface area (Å²) < 4.78 is 18.6. The Labute approximate surface area is 161 Å². The van der Waals surface area contributed by atoms with Crippen molar-refractivity contribution in [1.29, 1.82) is 0 Å². The maximum Gasteiger partial charge on any atom is 0.311 e. The van der Waals surface area contributed by atoms with Crippen molar-refractivity contribution in [1.82, 2.24) is 5.32 Å². The third kappa shape index (κ3) is 5.44. The van der Waals surface area contributed by atoms with E-state index < -0.39 is 29.8 Å². The van der Waals surface area contributed by atoms with Crippen molar-refractivity contribution in [3.8, 4) is 0 Å². The minimum absolute atomic E-state index is 0.214. The minimum Gasteiger partial charge on any atom is -0.452 e. The topological polar surface area (TPSA) is 55.4 Å². The molecule has 1 N–H and O–H groups in total. The highest BCUT2D eigenvalue weighted by atomic mass is 35.5. The summed E-state index contributed by atoms with van der Waals surface area (Å²) >= 11 is 12.0. The Bertz CT molecular complexity index is 813. The maximum atomic E-state index is 13.6. The monoisotopic (exact) mass is 397 g/mol. The van der Waals surface area contributed by atoms with Crippen LogP contribution in [0.25, 0.3) is 0 Å². The average molecular weight is 398 g/mol. The Hall–Kier alpha value is -2.11. The molecule has 7 heteroatoms. The van der Waals surface area contributed by atoms with Crippen LogP contribution in [0.1, 0.15) is 31.0 Å². The molecule has 0 aliphatic rings. The fourth-order valence-electron chi connectivity index (χ4n) is 2.35. The van der Waals surface area contributed by atoms with E-state index in [9.17, 15) is 14.0 Å². The molecule has 2 rings (SSSR count). The molecule has 0 aliphatic heterocycles. The molecule has 0 aromatic heterocycles. The van der Waals surface area contributed by atoms with Crippen molar-refractivity contribution in [3.63, 3.8) is 0 Å². The fraction of sp³-hybridized carbons (Fsp3) is 0.263. The Morgan fingerprint density at radius 3 is 2.50 bits per heavy atom.